The first-order valence-corrected chi connectivity index (χ1v) is 10.7. The molecular weight excluding hydrogens is 378 g/mol. The lowest BCUT2D eigenvalue weighted by atomic mass is 9.75. The molecule has 1 spiro atoms. The van der Waals surface area contributed by atoms with Gasteiger partial charge in [0, 0.05) is 31.6 Å². The summed E-state index contributed by atoms with van der Waals surface area (Å²) in [6, 6.07) is 3.55. The molecule has 28 heavy (non-hydrogen) atoms. The molecular formula is C21H28ClN3O3. The molecule has 1 saturated heterocycles. The van der Waals surface area contributed by atoms with Crippen LogP contribution in [0.5, 0.6) is 0 Å². The Morgan fingerprint density at radius 2 is 2.00 bits per heavy atom. The zero-order valence-corrected chi connectivity index (χ0v) is 17.2. The van der Waals surface area contributed by atoms with Crippen molar-refractivity contribution in [3.05, 3.63) is 28.5 Å². The average molecular weight is 406 g/mol. The van der Waals surface area contributed by atoms with Gasteiger partial charge in [0.05, 0.1) is 0 Å². The summed E-state index contributed by atoms with van der Waals surface area (Å²) in [5.41, 5.74) is 0.523. The quantitative estimate of drug-likeness (QED) is 0.568. The number of rotatable bonds is 4. The first kappa shape index (κ1) is 19.6. The molecule has 1 aliphatic carbocycles. The van der Waals surface area contributed by atoms with E-state index in [0.717, 1.165) is 44.6 Å². The summed E-state index contributed by atoms with van der Waals surface area (Å²) in [4.78, 5) is 33.6. The highest BCUT2D eigenvalue weighted by Crippen LogP contribution is 2.48. The summed E-state index contributed by atoms with van der Waals surface area (Å²) in [5, 5.41) is 0.298. The summed E-state index contributed by atoms with van der Waals surface area (Å²) >= 11 is 5.93. The zero-order chi connectivity index (χ0) is 19.7. The Kier molecular flexibility index (Phi) is 5.61. The van der Waals surface area contributed by atoms with Gasteiger partial charge in [0.25, 0.3) is 0 Å². The monoisotopic (exact) mass is 405 g/mol. The van der Waals surface area contributed by atoms with E-state index < -0.39 is 11.6 Å². The van der Waals surface area contributed by atoms with E-state index in [-0.39, 0.29) is 11.8 Å². The Morgan fingerprint density at radius 3 is 2.71 bits per heavy atom. The molecule has 2 aliphatic heterocycles. The molecule has 6 nitrogen and oxygen atoms in total. The van der Waals surface area contributed by atoms with Gasteiger partial charge in [-0.2, -0.15) is 0 Å². The number of hydrogen-bond donors (Lipinski definition) is 0. The molecule has 1 saturated carbocycles. The number of carbonyl (C=O) groups excluding carboxylic acids is 2. The van der Waals surface area contributed by atoms with E-state index in [1.165, 1.54) is 19.3 Å². The van der Waals surface area contributed by atoms with Gasteiger partial charge in [0.15, 0.2) is 5.69 Å². The maximum Gasteiger partial charge on any atom is 0.358 e. The minimum absolute atomic E-state index is 0.00000716. The molecule has 0 unspecified atom stereocenters. The predicted octanol–water partition coefficient (Wildman–Crippen LogP) is 3.24. The van der Waals surface area contributed by atoms with Gasteiger partial charge >= 0.3 is 5.97 Å². The third-order valence-corrected chi connectivity index (χ3v) is 6.76. The van der Waals surface area contributed by atoms with Crippen LogP contribution in [-0.2, 0) is 15.1 Å². The van der Waals surface area contributed by atoms with Crippen molar-refractivity contribution >= 4 is 23.5 Å². The summed E-state index contributed by atoms with van der Waals surface area (Å²) in [6.45, 7) is 4.03. The number of likely N-dealkylation sites (tertiary alicyclic amines) is 1. The Balaban J connectivity index is 1.34. The molecule has 3 heterocycles. The molecule has 0 atom stereocenters. The number of halogens is 1. The molecule has 7 heteroatoms. The van der Waals surface area contributed by atoms with Crippen LogP contribution in [0.2, 0.25) is 5.15 Å². The Hall–Kier alpha value is -1.66. The van der Waals surface area contributed by atoms with Crippen LogP contribution in [0.4, 0.5) is 0 Å². The number of ether oxygens (including phenoxy) is 1. The molecule has 1 aromatic heterocycles. The number of fused-ring (bicyclic) bond motifs is 2. The first-order valence-electron chi connectivity index (χ1n) is 10.4. The van der Waals surface area contributed by atoms with Crippen LogP contribution >= 0.6 is 11.6 Å². The number of esters is 1. The van der Waals surface area contributed by atoms with E-state index in [2.05, 4.69) is 9.88 Å². The fraction of sp³-hybridized carbons (Fsp3) is 0.667. The fourth-order valence-corrected chi connectivity index (χ4v) is 4.99. The van der Waals surface area contributed by atoms with Crippen molar-refractivity contribution in [1.29, 1.82) is 0 Å². The molecule has 3 aliphatic rings. The highest BCUT2D eigenvalue weighted by atomic mass is 35.5. The Morgan fingerprint density at radius 1 is 1.29 bits per heavy atom. The fourth-order valence-electron chi connectivity index (χ4n) is 4.84. The maximum absolute atomic E-state index is 12.9. The predicted molar refractivity (Wildman–Crippen MR) is 106 cm³/mol. The third kappa shape index (κ3) is 3.77. The number of pyridine rings is 1. The summed E-state index contributed by atoms with van der Waals surface area (Å²) in [6.07, 6.45) is 6.62. The zero-order valence-electron chi connectivity index (χ0n) is 16.5. The van der Waals surface area contributed by atoms with Crippen molar-refractivity contribution in [3.8, 4) is 0 Å². The number of hydrogen-bond acceptors (Lipinski definition) is 5. The van der Waals surface area contributed by atoms with E-state index in [1.807, 2.05) is 18.0 Å². The van der Waals surface area contributed by atoms with Crippen molar-refractivity contribution in [2.75, 3.05) is 33.2 Å². The van der Waals surface area contributed by atoms with Gasteiger partial charge in [-0.25, -0.2) is 9.78 Å². The second kappa shape index (κ2) is 7.99. The van der Waals surface area contributed by atoms with Gasteiger partial charge in [-0.05, 0) is 63.7 Å². The van der Waals surface area contributed by atoms with Gasteiger partial charge in [-0.15, -0.1) is 0 Å². The number of nitrogens with zero attached hydrogens (tertiary/aromatic N) is 3. The van der Waals surface area contributed by atoms with E-state index in [4.69, 9.17) is 16.3 Å². The molecule has 152 valence electrons. The maximum atomic E-state index is 12.9. The Bertz CT molecular complexity index is 755. The lowest BCUT2D eigenvalue weighted by Gasteiger charge is -2.37. The summed E-state index contributed by atoms with van der Waals surface area (Å²) in [5.74, 6) is -0.188. The molecule has 1 amide bonds. The average Bonchev–Trinajstić information content (AvgIpc) is 2.97. The topological polar surface area (TPSA) is 62.7 Å². The molecule has 4 rings (SSSR count). The molecule has 1 aromatic rings. The molecule has 2 fully saturated rings. The number of likely N-dealkylation sites (N-methyl/N-ethyl adjacent to an activating group) is 1. The lowest BCUT2D eigenvalue weighted by molar-refractivity contribution is -0.137. The number of aromatic nitrogens is 1. The van der Waals surface area contributed by atoms with E-state index in [1.54, 1.807) is 6.07 Å². The van der Waals surface area contributed by atoms with Crippen LogP contribution in [0.3, 0.4) is 0 Å². The lowest BCUT2D eigenvalue weighted by Crippen LogP contribution is -2.43. The van der Waals surface area contributed by atoms with E-state index in [0.29, 0.717) is 23.7 Å². The molecule has 0 N–H and O–H groups in total. The van der Waals surface area contributed by atoms with Crippen LogP contribution in [0.25, 0.3) is 0 Å². The molecule has 0 radical (unpaired) electrons. The summed E-state index contributed by atoms with van der Waals surface area (Å²) < 4.78 is 5.74. The van der Waals surface area contributed by atoms with Crippen LogP contribution in [0, 0.1) is 5.92 Å². The minimum atomic E-state index is -0.632. The second-order valence-electron chi connectivity index (χ2n) is 8.35. The number of amides is 1. The van der Waals surface area contributed by atoms with Crippen LogP contribution < -0.4 is 0 Å². The minimum Gasteiger partial charge on any atom is -0.449 e. The van der Waals surface area contributed by atoms with E-state index >= 15 is 0 Å². The normalized spacial score (nSPS) is 27.5. The highest BCUT2D eigenvalue weighted by molar-refractivity contribution is 6.29. The number of piperidine rings is 1. The van der Waals surface area contributed by atoms with Gasteiger partial charge in [0.1, 0.15) is 10.8 Å². The smallest absolute Gasteiger partial charge is 0.358 e. The standard InChI is InChI=1S/C21H28ClN3O3/c1-24(13-14-25-11-3-2-4-12-25)19(26)15-7-9-21(10-8-15)16-5-6-17(22)23-18(16)20(27)28-21/h5-6,15H,2-4,7-14H2,1H3. The summed E-state index contributed by atoms with van der Waals surface area (Å²) in [7, 11) is 1.91. The van der Waals surface area contributed by atoms with Gasteiger partial charge in [-0.3, -0.25) is 4.79 Å². The van der Waals surface area contributed by atoms with Crippen LogP contribution in [0.15, 0.2) is 12.1 Å². The molecule has 0 aromatic carbocycles. The molecule has 0 bridgehead atoms. The van der Waals surface area contributed by atoms with Crippen molar-refractivity contribution in [1.82, 2.24) is 14.8 Å². The van der Waals surface area contributed by atoms with Gasteiger partial charge in [-0.1, -0.05) is 18.0 Å². The SMILES string of the molecule is CN(CCN1CCCCC1)C(=O)C1CCC2(CC1)OC(=O)c1nc(Cl)ccc12. The number of carbonyl (C=O) groups is 2. The van der Waals surface area contributed by atoms with Gasteiger partial charge < -0.3 is 14.5 Å². The van der Waals surface area contributed by atoms with Crippen molar-refractivity contribution < 1.29 is 14.3 Å². The van der Waals surface area contributed by atoms with Crippen molar-refractivity contribution in [2.24, 2.45) is 5.92 Å². The van der Waals surface area contributed by atoms with Crippen molar-refractivity contribution in [2.45, 2.75) is 50.5 Å². The van der Waals surface area contributed by atoms with Crippen molar-refractivity contribution in [3.63, 3.8) is 0 Å². The third-order valence-electron chi connectivity index (χ3n) is 6.55. The highest BCUT2D eigenvalue weighted by Gasteiger charge is 2.49. The van der Waals surface area contributed by atoms with E-state index in [9.17, 15) is 9.59 Å². The van der Waals surface area contributed by atoms with Crippen LogP contribution in [-0.4, -0.2) is 59.9 Å². The Labute approximate surface area is 171 Å². The second-order valence-corrected chi connectivity index (χ2v) is 8.74. The first-order chi connectivity index (χ1) is 13.5. The van der Waals surface area contributed by atoms with Crippen LogP contribution in [0.1, 0.15) is 61.0 Å². The largest absolute Gasteiger partial charge is 0.449 e. The van der Waals surface area contributed by atoms with Gasteiger partial charge in [0.2, 0.25) is 5.91 Å².